The molecule has 3 heterocycles. The molecule has 114 valence electrons. The summed E-state index contributed by atoms with van der Waals surface area (Å²) in [6.07, 6.45) is 9.42. The van der Waals surface area contributed by atoms with Crippen molar-refractivity contribution in [2.45, 2.75) is 38.6 Å². The molecule has 4 nitrogen and oxygen atoms in total. The van der Waals surface area contributed by atoms with Crippen LogP contribution in [0.2, 0.25) is 0 Å². The van der Waals surface area contributed by atoms with E-state index in [1.807, 2.05) is 18.0 Å². The SMILES string of the molecule is Cc1cc(CC[C@@H]2CCCN2C(=O)c2ccncc2)ccn1. The average Bonchev–Trinajstić information content (AvgIpc) is 3.01. The molecule has 0 aliphatic carbocycles. The third-order valence-corrected chi connectivity index (χ3v) is 4.29. The maximum Gasteiger partial charge on any atom is 0.254 e. The van der Waals surface area contributed by atoms with Gasteiger partial charge in [0.05, 0.1) is 0 Å². The molecule has 1 saturated heterocycles. The Morgan fingerprint density at radius 3 is 2.86 bits per heavy atom. The highest BCUT2D eigenvalue weighted by atomic mass is 16.2. The summed E-state index contributed by atoms with van der Waals surface area (Å²) >= 11 is 0. The van der Waals surface area contributed by atoms with Crippen molar-refractivity contribution in [1.29, 1.82) is 0 Å². The zero-order chi connectivity index (χ0) is 15.4. The predicted octanol–water partition coefficient (Wildman–Crippen LogP) is 3.02. The molecule has 0 bridgehead atoms. The number of carbonyl (C=O) groups is 1. The third-order valence-electron chi connectivity index (χ3n) is 4.29. The van der Waals surface area contributed by atoms with Gasteiger partial charge in [-0.2, -0.15) is 0 Å². The lowest BCUT2D eigenvalue weighted by Crippen LogP contribution is -2.35. The number of aromatic nitrogens is 2. The molecular weight excluding hydrogens is 274 g/mol. The number of amides is 1. The summed E-state index contributed by atoms with van der Waals surface area (Å²) < 4.78 is 0. The topological polar surface area (TPSA) is 46.1 Å². The van der Waals surface area contributed by atoms with Crippen LogP contribution in [-0.4, -0.2) is 33.4 Å². The van der Waals surface area contributed by atoms with Gasteiger partial charge < -0.3 is 4.90 Å². The van der Waals surface area contributed by atoms with Gasteiger partial charge in [-0.15, -0.1) is 0 Å². The summed E-state index contributed by atoms with van der Waals surface area (Å²) in [5.41, 5.74) is 3.09. The number of aryl methyl sites for hydroxylation is 2. The first-order chi connectivity index (χ1) is 10.7. The Morgan fingerprint density at radius 2 is 2.09 bits per heavy atom. The third kappa shape index (κ3) is 3.32. The van der Waals surface area contributed by atoms with E-state index in [1.165, 1.54) is 5.56 Å². The van der Waals surface area contributed by atoms with Crippen LogP contribution in [0.4, 0.5) is 0 Å². The lowest BCUT2D eigenvalue weighted by Gasteiger charge is -2.25. The number of likely N-dealkylation sites (tertiary alicyclic amines) is 1. The number of pyridine rings is 2. The molecule has 3 rings (SSSR count). The van der Waals surface area contributed by atoms with Gasteiger partial charge in [0.25, 0.3) is 5.91 Å². The highest BCUT2D eigenvalue weighted by Crippen LogP contribution is 2.24. The second kappa shape index (κ2) is 6.69. The Kier molecular flexibility index (Phi) is 4.47. The van der Waals surface area contributed by atoms with Gasteiger partial charge in [-0.25, -0.2) is 0 Å². The normalized spacial score (nSPS) is 17.7. The van der Waals surface area contributed by atoms with E-state index in [1.54, 1.807) is 24.5 Å². The van der Waals surface area contributed by atoms with Crippen molar-refractivity contribution in [3.05, 3.63) is 59.7 Å². The van der Waals surface area contributed by atoms with Crippen molar-refractivity contribution in [2.24, 2.45) is 0 Å². The molecule has 0 aromatic carbocycles. The minimum absolute atomic E-state index is 0.135. The molecule has 0 saturated carbocycles. The summed E-state index contributed by atoms with van der Waals surface area (Å²) in [7, 11) is 0. The van der Waals surface area contributed by atoms with Crippen LogP contribution in [0.1, 0.15) is 40.9 Å². The van der Waals surface area contributed by atoms with E-state index in [9.17, 15) is 4.79 Å². The van der Waals surface area contributed by atoms with Crippen molar-refractivity contribution in [3.8, 4) is 0 Å². The van der Waals surface area contributed by atoms with Crippen molar-refractivity contribution in [3.63, 3.8) is 0 Å². The Bertz CT molecular complexity index is 642. The number of hydrogen-bond acceptors (Lipinski definition) is 3. The van der Waals surface area contributed by atoms with Crippen LogP contribution in [-0.2, 0) is 6.42 Å². The highest BCUT2D eigenvalue weighted by molar-refractivity contribution is 5.94. The molecule has 4 heteroatoms. The standard InChI is InChI=1S/C18H21N3O/c1-14-13-15(6-11-20-14)4-5-17-3-2-12-21(17)18(22)16-7-9-19-10-8-16/h6-11,13,17H,2-5,12H2,1H3/t17-/m0/s1. The fourth-order valence-corrected chi connectivity index (χ4v) is 3.16. The lowest BCUT2D eigenvalue weighted by atomic mass is 10.0. The van der Waals surface area contributed by atoms with Gasteiger partial charge in [0.2, 0.25) is 0 Å². The summed E-state index contributed by atoms with van der Waals surface area (Å²) in [6.45, 7) is 2.87. The van der Waals surface area contributed by atoms with E-state index in [0.717, 1.165) is 43.5 Å². The van der Waals surface area contributed by atoms with Gasteiger partial charge in [-0.1, -0.05) is 0 Å². The first-order valence-electron chi connectivity index (χ1n) is 7.86. The predicted molar refractivity (Wildman–Crippen MR) is 85.6 cm³/mol. The number of carbonyl (C=O) groups excluding carboxylic acids is 1. The second-order valence-corrected chi connectivity index (χ2v) is 5.87. The largest absolute Gasteiger partial charge is 0.336 e. The second-order valence-electron chi connectivity index (χ2n) is 5.87. The van der Waals surface area contributed by atoms with Gasteiger partial charge in [0.15, 0.2) is 0 Å². The van der Waals surface area contributed by atoms with Crippen LogP contribution >= 0.6 is 0 Å². The molecule has 1 aliphatic rings. The maximum absolute atomic E-state index is 12.6. The fourth-order valence-electron chi connectivity index (χ4n) is 3.16. The van der Waals surface area contributed by atoms with E-state index in [-0.39, 0.29) is 5.91 Å². The first-order valence-corrected chi connectivity index (χ1v) is 7.86. The Morgan fingerprint density at radius 1 is 1.27 bits per heavy atom. The number of hydrogen-bond donors (Lipinski definition) is 0. The highest BCUT2D eigenvalue weighted by Gasteiger charge is 2.28. The molecule has 2 aromatic heterocycles. The monoisotopic (exact) mass is 295 g/mol. The van der Waals surface area contributed by atoms with Crippen LogP contribution in [0.5, 0.6) is 0 Å². The van der Waals surface area contributed by atoms with Gasteiger partial charge >= 0.3 is 0 Å². The molecule has 1 fully saturated rings. The molecule has 0 spiro atoms. The van der Waals surface area contributed by atoms with E-state index in [2.05, 4.69) is 22.1 Å². The number of rotatable bonds is 4. The molecule has 0 radical (unpaired) electrons. The quantitative estimate of drug-likeness (QED) is 0.871. The molecular formula is C18H21N3O. The van der Waals surface area contributed by atoms with Gasteiger partial charge in [0, 0.05) is 42.4 Å². The van der Waals surface area contributed by atoms with Crippen molar-refractivity contribution in [2.75, 3.05) is 6.54 Å². The molecule has 22 heavy (non-hydrogen) atoms. The summed E-state index contributed by atoms with van der Waals surface area (Å²) in [4.78, 5) is 22.9. The summed E-state index contributed by atoms with van der Waals surface area (Å²) in [5, 5.41) is 0. The molecule has 2 aromatic rings. The van der Waals surface area contributed by atoms with E-state index < -0.39 is 0 Å². The smallest absolute Gasteiger partial charge is 0.254 e. The summed E-state index contributed by atoms with van der Waals surface area (Å²) in [5.74, 6) is 0.135. The van der Waals surface area contributed by atoms with E-state index in [4.69, 9.17) is 0 Å². The van der Waals surface area contributed by atoms with Gasteiger partial charge in [-0.3, -0.25) is 14.8 Å². The Balaban J connectivity index is 1.65. The fraction of sp³-hybridized carbons (Fsp3) is 0.389. The van der Waals surface area contributed by atoms with E-state index in [0.29, 0.717) is 6.04 Å². The molecule has 0 N–H and O–H groups in total. The van der Waals surface area contributed by atoms with Crippen LogP contribution in [0.25, 0.3) is 0 Å². The molecule has 1 atom stereocenters. The average molecular weight is 295 g/mol. The minimum Gasteiger partial charge on any atom is -0.336 e. The summed E-state index contributed by atoms with van der Waals surface area (Å²) in [6, 6.07) is 8.13. The van der Waals surface area contributed by atoms with Crippen LogP contribution < -0.4 is 0 Å². The molecule has 1 amide bonds. The lowest BCUT2D eigenvalue weighted by molar-refractivity contribution is 0.0730. The van der Waals surface area contributed by atoms with Crippen molar-refractivity contribution < 1.29 is 4.79 Å². The van der Waals surface area contributed by atoms with E-state index >= 15 is 0 Å². The van der Waals surface area contributed by atoms with Crippen molar-refractivity contribution >= 4 is 5.91 Å². The zero-order valence-corrected chi connectivity index (χ0v) is 12.9. The van der Waals surface area contributed by atoms with Gasteiger partial charge in [0.1, 0.15) is 0 Å². The molecule has 0 unspecified atom stereocenters. The van der Waals surface area contributed by atoms with Crippen molar-refractivity contribution in [1.82, 2.24) is 14.9 Å². The molecule has 1 aliphatic heterocycles. The zero-order valence-electron chi connectivity index (χ0n) is 12.9. The number of nitrogens with zero attached hydrogens (tertiary/aromatic N) is 3. The first kappa shape index (κ1) is 14.7. The minimum atomic E-state index is 0.135. The van der Waals surface area contributed by atoms with Crippen LogP contribution in [0.15, 0.2) is 42.9 Å². The Labute approximate surface area is 131 Å². The van der Waals surface area contributed by atoms with Crippen LogP contribution in [0.3, 0.4) is 0 Å². The Hall–Kier alpha value is -2.23. The van der Waals surface area contributed by atoms with Crippen LogP contribution in [0, 0.1) is 6.92 Å². The maximum atomic E-state index is 12.6. The van der Waals surface area contributed by atoms with Gasteiger partial charge in [-0.05, 0) is 62.4 Å².